The van der Waals surface area contributed by atoms with Gasteiger partial charge in [-0.2, -0.15) is 0 Å². The number of carboxylic acid groups (broad SMARTS) is 1. The van der Waals surface area contributed by atoms with Gasteiger partial charge in [-0.15, -0.1) is 0 Å². The van der Waals surface area contributed by atoms with E-state index in [1.165, 1.54) is 0 Å². The van der Waals surface area contributed by atoms with E-state index in [9.17, 15) is 9.90 Å². The molecule has 1 rings (SSSR count). The summed E-state index contributed by atoms with van der Waals surface area (Å²) in [5.41, 5.74) is 2.27. The molecular weight excluding hydrogens is 228 g/mol. The predicted molar refractivity (Wildman–Crippen MR) is 71.7 cm³/mol. The van der Waals surface area contributed by atoms with Crippen molar-refractivity contribution < 1.29 is 14.6 Å². The topological polar surface area (TPSA) is 46.5 Å². The van der Waals surface area contributed by atoms with Crippen LogP contribution in [0.25, 0.3) is 0 Å². The molecule has 0 amide bonds. The minimum absolute atomic E-state index is 0.113. The Morgan fingerprint density at radius 2 is 2.06 bits per heavy atom. The van der Waals surface area contributed by atoms with E-state index in [4.69, 9.17) is 4.74 Å². The normalized spacial score (nSPS) is 14.2. The van der Waals surface area contributed by atoms with Crippen molar-refractivity contribution >= 4 is 5.97 Å². The lowest BCUT2D eigenvalue weighted by atomic mass is 9.85. The van der Waals surface area contributed by atoms with Gasteiger partial charge in [-0.3, -0.25) is 4.79 Å². The Balaban J connectivity index is 2.75. The molecule has 18 heavy (non-hydrogen) atoms. The highest BCUT2D eigenvalue weighted by atomic mass is 16.5. The van der Waals surface area contributed by atoms with Gasteiger partial charge in [0.1, 0.15) is 0 Å². The average Bonchev–Trinajstić information content (AvgIpc) is 2.34. The molecular formula is C15H22O3. The van der Waals surface area contributed by atoms with E-state index in [0.717, 1.165) is 17.5 Å². The maximum atomic E-state index is 11.4. The molecule has 100 valence electrons. The third-order valence-electron chi connectivity index (χ3n) is 3.48. The van der Waals surface area contributed by atoms with Gasteiger partial charge in [-0.25, -0.2) is 0 Å². The average molecular weight is 250 g/mol. The molecule has 0 aliphatic carbocycles. The predicted octanol–water partition coefficient (Wildman–Crippen LogP) is 2.91. The van der Waals surface area contributed by atoms with E-state index in [2.05, 4.69) is 0 Å². The summed E-state index contributed by atoms with van der Waals surface area (Å²) in [5, 5.41) is 9.35. The molecule has 1 N–H and O–H groups in total. The molecule has 1 aromatic rings. The number of ether oxygens (including phenoxy) is 1. The number of methoxy groups -OCH3 is 1. The molecule has 0 aliphatic rings. The van der Waals surface area contributed by atoms with Crippen LogP contribution in [0.15, 0.2) is 24.3 Å². The monoisotopic (exact) mass is 250 g/mol. The van der Waals surface area contributed by atoms with Crippen molar-refractivity contribution in [3.8, 4) is 0 Å². The summed E-state index contributed by atoms with van der Waals surface area (Å²) in [7, 11) is 1.64. The highest BCUT2D eigenvalue weighted by Gasteiger charge is 2.25. The SMILES string of the molecule is COCCC(C)C(Cc1ccccc1C)C(=O)O. The summed E-state index contributed by atoms with van der Waals surface area (Å²) in [6, 6.07) is 7.96. The summed E-state index contributed by atoms with van der Waals surface area (Å²) >= 11 is 0. The van der Waals surface area contributed by atoms with Gasteiger partial charge < -0.3 is 9.84 Å². The zero-order chi connectivity index (χ0) is 13.5. The van der Waals surface area contributed by atoms with Crippen molar-refractivity contribution in [3.05, 3.63) is 35.4 Å². The van der Waals surface area contributed by atoms with Gasteiger partial charge in [0.15, 0.2) is 0 Å². The van der Waals surface area contributed by atoms with Crippen molar-refractivity contribution in [2.75, 3.05) is 13.7 Å². The van der Waals surface area contributed by atoms with E-state index < -0.39 is 5.97 Å². The highest BCUT2D eigenvalue weighted by molar-refractivity contribution is 5.70. The molecule has 2 atom stereocenters. The van der Waals surface area contributed by atoms with E-state index >= 15 is 0 Å². The van der Waals surface area contributed by atoms with E-state index in [-0.39, 0.29) is 11.8 Å². The smallest absolute Gasteiger partial charge is 0.307 e. The van der Waals surface area contributed by atoms with Crippen LogP contribution in [-0.4, -0.2) is 24.8 Å². The Hall–Kier alpha value is -1.35. The van der Waals surface area contributed by atoms with Gasteiger partial charge >= 0.3 is 5.97 Å². The number of aliphatic carboxylic acids is 1. The Morgan fingerprint density at radius 3 is 2.61 bits per heavy atom. The lowest BCUT2D eigenvalue weighted by Gasteiger charge is -2.20. The Bertz CT molecular complexity index is 387. The van der Waals surface area contributed by atoms with Crippen LogP contribution >= 0.6 is 0 Å². The molecule has 0 saturated heterocycles. The fraction of sp³-hybridized carbons (Fsp3) is 0.533. The van der Waals surface area contributed by atoms with Gasteiger partial charge in [0.05, 0.1) is 5.92 Å². The number of hydrogen-bond acceptors (Lipinski definition) is 2. The molecule has 3 heteroatoms. The second kappa shape index (κ2) is 7.17. The zero-order valence-electron chi connectivity index (χ0n) is 11.3. The minimum Gasteiger partial charge on any atom is -0.481 e. The van der Waals surface area contributed by atoms with Gasteiger partial charge in [-0.1, -0.05) is 31.2 Å². The third-order valence-corrected chi connectivity index (χ3v) is 3.48. The van der Waals surface area contributed by atoms with Crippen LogP contribution in [0.4, 0.5) is 0 Å². The number of aryl methyl sites for hydroxylation is 1. The fourth-order valence-electron chi connectivity index (χ4n) is 2.11. The maximum Gasteiger partial charge on any atom is 0.307 e. The summed E-state index contributed by atoms with van der Waals surface area (Å²) in [6.45, 7) is 4.61. The van der Waals surface area contributed by atoms with Crippen molar-refractivity contribution in [2.45, 2.75) is 26.7 Å². The Kier molecular flexibility index (Phi) is 5.86. The first-order valence-corrected chi connectivity index (χ1v) is 6.32. The quantitative estimate of drug-likeness (QED) is 0.809. The van der Waals surface area contributed by atoms with Crippen LogP contribution in [0.5, 0.6) is 0 Å². The molecule has 0 bridgehead atoms. The molecule has 3 nitrogen and oxygen atoms in total. The number of carboxylic acids is 1. The number of hydrogen-bond donors (Lipinski definition) is 1. The molecule has 0 saturated carbocycles. The van der Waals surface area contributed by atoms with Crippen LogP contribution < -0.4 is 0 Å². The fourth-order valence-corrected chi connectivity index (χ4v) is 2.11. The van der Waals surface area contributed by atoms with Crippen LogP contribution in [0.1, 0.15) is 24.5 Å². The first-order chi connectivity index (χ1) is 8.56. The van der Waals surface area contributed by atoms with Crippen molar-refractivity contribution in [2.24, 2.45) is 11.8 Å². The molecule has 0 aliphatic heterocycles. The van der Waals surface area contributed by atoms with Gasteiger partial charge in [0, 0.05) is 13.7 Å². The zero-order valence-corrected chi connectivity index (χ0v) is 11.3. The lowest BCUT2D eigenvalue weighted by Crippen LogP contribution is -2.25. The van der Waals surface area contributed by atoms with Crippen LogP contribution in [0.3, 0.4) is 0 Å². The minimum atomic E-state index is -0.721. The first kappa shape index (κ1) is 14.7. The Morgan fingerprint density at radius 1 is 1.39 bits per heavy atom. The summed E-state index contributed by atoms with van der Waals surface area (Å²) < 4.78 is 5.02. The van der Waals surface area contributed by atoms with Crippen LogP contribution in [0, 0.1) is 18.8 Å². The number of carbonyl (C=O) groups is 1. The van der Waals surface area contributed by atoms with Gasteiger partial charge in [-0.05, 0) is 36.8 Å². The Labute approximate surface area is 109 Å². The van der Waals surface area contributed by atoms with E-state index in [1.807, 2.05) is 38.1 Å². The first-order valence-electron chi connectivity index (χ1n) is 6.32. The number of rotatable bonds is 7. The second-order valence-electron chi connectivity index (χ2n) is 4.83. The van der Waals surface area contributed by atoms with Crippen LogP contribution in [0.2, 0.25) is 0 Å². The summed E-state index contributed by atoms with van der Waals surface area (Å²) in [5.74, 6) is -0.954. The molecule has 1 aromatic carbocycles. The third kappa shape index (κ3) is 4.15. The van der Waals surface area contributed by atoms with Crippen molar-refractivity contribution in [1.29, 1.82) is 0 Å². The van der Waals surface area contributed by atoms with Crippen molar-refractivity contribution in [3.63, 3.8) is 0 Å². The lowest BCUT2D eigenvalue weighted by molar-refractivity contribution is -0.143. The van der Waals surface area contributed by atoms with Crippen LogP contribution in [-0.2, 0) is 16.0 Å². The molecule has 0 heterocycles. The molecule has 0 radical (unpaired) electrons. The van der Waals surface area contributed by atoms with Gasteiger partial charge in [0.2, 0.25) is 0 Å². The van der Waals surface area contributed by atoms with E-state index in [1.54, 1.807) is 7.11 Å². The number of benzene rings is 1. The van der Waals surface area contributed by atoms with Gasteiger partial charge in [0.25, 0.3) is 0 Å². The maximum absolute atomic E-state index is 11.4. The summed E-state index contributed by atoms with van der Waals surface area (Å²) in [4.78, 5) is 11.4. The molecule has 0 spiro atoms. The molecule has 0 aromatic heterocycles. The standard InChI is InChI=1S/C15H22O3/c1-11-6-4-5-7-13(11)10-14(15(16)17)12(2)8-9-18-3/h4-7,12,14H,8-10H2,1-3H3,(H,16,17). The highest BCUT2D eigenvalue weighted by Crippen LogP contribution is 2.22. The molecule has 2 unspecified atom stereocenters. The largest absolute Gasteiger partial charge is 0.481 e. The second-order valence-corrected chi connectivity index (χ2v) is 4.83. The van der Waals surface area contributed by atoms with E-state index in [0.29, 0.717) is 13.0 Å². The summed E-state index contributed by atoms with van der Waals surface area (Å²) in [6.07, 6.45) is 1.37. The molecule has 0 fully saturated rings. The van der Waals surface area contributed by atoms with Crippen molar-refractivity contribution in [1.82, 2.24) is 0 Å².